The van der Waals surface area contributed by atoms with Crippen LogP contribution in [0.25, 0.3) is 0 Å². The molecule has 0 heterocycles. The van der Waals surface area contributed by atoms with Crippen molar-refractivity contribution in [3.05, 3.63) is 0 Å². The average Bonchev–Trinajstić information content (AvgIpc) is 2.38. The third-order valence-electron chi connectivity index (χ3n) is 3.54. The average molecular weight is 256 g/mol. The number of carbonyl (C=O) groups excluding carboxylic acids is 1. The van der Waals surface area contributed by atoms with Gasteiger partial charge in [-0.05, 0) is 39.2 Å². The zero-order chi connectivity index (χ0) is 13.8. The molecule has 0 aromatic heterocycles. The Morgan fingerprint density at radius 2 is 1.78 bits per heavy atom. The number of nitrogens with two attached hydrogens (primary N) is 1. The Kier molecular flexibility index (Phi) is 11.2. The minimum atomic E-state index is 0.338. The van der Waals surface area contributed by atoms with E-state index in [1.165, 1.54) is 0 Å². The van der Waals surface area contributed by atoms with Gasteiger partial charge in [-0.3, -0.25) is 4.79 Å². The summed E-state index contributed by atoms with van der Waals surface area (Å²) < 4.78 is 0. The van der Waals surface area contributed by atoms with Crippen molar-refractivity contribution < 1.29 is 4.79 Å². The highest BCUT2D eigenvalue weighted by molar-refractivity contribution is 5.76. The molecule has 0 fully saturated rings. The molecule has 18 heavy (non-hydrogen) atoms. The Hall–Kier alpha value is -0.570. The van der Waals surface area contributed by atoms with Crippen LogP contribution in [0, 0.1) is 0 Å². The van der Waals surface area contributed by atoms with Crippen molar-refractivity contribution >= 4 is 5.91 Å². The molecule has 1 unspecified atom stereocenters. The predicted octanol–water partition coefficient (Wildman–Crippen LogP) is 3.32. The molecule has 0 aliphatic rings. The Labute approximate surface area is 113 Å². The fourth-order valence-corrected chi connectivity index (χ4v) is 2.06. The number of hydrogen-bond donors (Lipinski definition) is 1. The molecule has 1 amide bonds. The molecular weight excluding hydrogens is 224 g/mol. The van der Waals surface area contributed by atoms with Crippen LogP contribution in [-0.2, 0) is 4.79 Å². The molecule has 0 aromatic rings. The van der Waals surface area contributed by atoms with Crippen LogP contribution < -0.4 is 5.73 Å². The van der Waals surface area contributed by atoms with E-state index in [9.17, 15) is 4.79 Å². The smallest absolute Gasteiger partial charge is 0.222 e. The monoisotopic (exact) mass is 256 g/mol. The van der Waals surface area contributed by atoms with E-state index >= 15 is 0 Å². The molecule has 0 aromatic carbocycles. The second kappa shape index (κ2) is 11.5. The van der Waals surface area contributed by atoms with Gasteiger partial charge in [0.25, 0.3) is 0 Å². The van der Waals surface area contributed by atoms with Crippen LogP contribution in [-0.4, -0.2) is 29.9 Å². The second-order valence-corrected chi connectivity index (χ2v) is 5.15. The topological polar surface area (TPSA) is 46.3 Å². The van der Waals surface area contributed by atoms with Crippen molar-refractivity contribution in [3.8, 4) is 0 Å². The number of hydrogen-bond acceptors (Lipinski definition) is 2. The van der Waals surface area contributed by atoms with Crippen molar-refractivity contribution in [1.29, 1.82) is 0 Å². The number of unbranched alkanes of at least 4 members (excludes halogenated alkanes) is 4. The fourth-order valence-electron chi connectivity index (χ4n) is 2.06. The standard InChI is InChI=1S/C15H32N2O/c1-4-6-13-17(14(3)5-2)15(18)11-9-7-8-10-12-16/h14H,4-13,16H2,1-3H3. The van der Waals surface area contributed by atoms with Gasteiger partial charge in [0.2, 0.25) is 5.91 Å². The third kappa shape index (κ3) is 7.70. The van der Waals surface area contributed by atoms with Gasteiger partial charge in [-0.2, -0.15) is 0 Å². The molecule has 0 aliphatic heterocycles. The number of rotatable bonds is 11. The van der Waals surface area contributed by atoms with Gasteiger partial charge < -0.3 is 10.6 Å². The van der Waals surface area contributed by atoms with Gasteiger partial charge >= 0.3 is 0 Å². The first-order valence-electron chi connectivity index (χ1n) is 7.66. The van der Waals surface area contributed by atoms with E-state index in [0.29, 0.717) is 18.4 Å². The molecule has 0 radical (unpaired) electrons. The lowest BCUT2D eigenvalue weighted by atomic mass is 10.1. The summed E-state index contributed by atoms with van der Waals surface area (Å²) in [6, 6.07) is 0.382. The largest absolute Gasteiger partial charge is 0.340 e. The predicted molar refractivity (Wildman–Crippen MR) is 78.5 cm³/mol. The Morgan fingerprint density at radius 3 is 2.33 bits per heavy atom. The van der Waals surface area contributed by atoms with E-state index in [1.807, 2.05) is 0 Å². The van der Waals surface area contributed by atoms with Crippen LogP contribution in [0.5, 0.6) is 0 Å². The molecule has 1 atom stereocenters. The van der Waals surface area contributed by atoms with Crippen molar-refractivity contribution in [1.82, 2.24) is 4.90 Å². The maximum absolute atomic E-state index is 12.2. The quantitative estimate of drug-likeness (QED) is 0.576. The van der Waals surface area contributed by atoms with Crippen LogP contribution in [0.15, 0.2) is 0 Å². The molecular formula is C15H32N2O. The van der Waals surface area contributed by atoms with Crippen molar-refractivity contribution in [2.24, 2.45) is 5.73 Å². The number of nitrogens with zero attached hydrogens (tertiary/aromatic N) is 1. The van der Waals surface area contributed by atoms with Crippen LogP contribution in [0.1, 0.15) is 72.1 Å². The molecule has 3 heteroatoms. The van der Waals surface area contributed by atoms with Crippen LogP contribution in [0.4, 0.5) is 0 Å². The lowest BCUT2D eigenvalue weighted by Gasteiger charge is -2.28. The van der Waals surface area contributed by atoms with E-state index in [0.717, 1.165) is 58.0 Å². The fraction of sp³-hybridized carbons (Fsp3) is 0.933. The van der Waals surface area contributed by atoms with Crippen LogP contribution >= 0.6 is 0 Å². The molecule has 108 valence electrons. The first kappa shape index (κ1) is 17.4. The highest BCUT2D eigenvalue weighted by atomic mass is 16.2. The van der Waals surface area contributed by atoms with Gasteiger partial charge in [0.15, 0.2) is 0 Å². The highest BCUT2D eigenvalue weighted by Crippen LogP contribution is 2.11. The Bertz CT molecular complexity index is 207. The number of amides is 1. The van der Waals surface area contributed by atoms with E-state index in [2.05, 4.69) is 25.7 Å². The van der Waals surface area contributed by atoms with Gasteiger partial charge in [-0.1, -0.05) is 33.1 Å². The van der Waals surface area contributed by atoms with Gasteiger partial charge in [0.1, 0.15) is 0 Å². The molecule has 2 N–H and O–H groups in total. The van der Waals surface area contributed by atoms with Crippen molar-refractivity contribution in [3.63, 3.8) is 0 Å². The maximum Gasteiger partial charge on any atom is 0.222 e. The zero-order valence-corrected chi connectivity index (χ0v) is 12.6. The lowest BCUT2D eigenvalue weighted by Crippen LogP contribution is -2.38. The van der Waals surface area contributed by atoms with Gasteiger partial charge in [0.05, 0.1) is 0 Å². The number of carbonyl (C=O) groups is 1. The summed E-state index contributed by atoms with van der Waals surface area (Å²) >= 11 is 0. The first-order chi connectivity index (χ1) is 8.67. The molecule has 0 saturated carbocycles. The van der Waals surface area contributed by atoms with E-state index in [4.69, 9.17) is 5.73 Å². The maximum atomic E-state index is 12.2. The molecule has 0 saturated heterocycles. The normalized spacial score (nSPS) is 12.4. The summed E-state index contributed by atoms with van der Waals surface area (Å²) in [5.41, 5.74) is 5.46. The van der Waals surface area contributed by atoms with E-state index < -0.39 is 0 Å². The van der Waals surface area contributed by atoms with Gasteiger partial charge in [-0.15, -0.1) is 0 Å². The summed E-state index contributed by atoms with van der Waals surface area (Å²) in [4.78, 5) is 14.3. The van der Waals surface area contributed by atoms with E-state index in [1.54, 1.807) is 0 Å². The third-order valence-corrected chi connectivity index (χ3v) is 3.54. The summed E-state index contributed by atoms with van der Waals surface area (Å²) in [5, 5.41) is 0. The minimum absolute atomic E-state index is 0.338. The Morgan fingerprint density at radius 1 is 1.11 bits per heavy atom. The van der Waals surface area contributed by atoms with Gasteiger partial charge in [0, 0.05) is 19.0 Å². The minimum Gasteiger partial charge on any atom is -0.340 e. The highest BCUT2D eigenvalue weighted by Gasteiger charge is 2.17. The molecule has 3 nitrogen and oxygen atoms in total. The summed E-state index contributed by atoms with van der Waals surface area (Å²) in [6.45, 7) is 8.17. The molecule has 0 spiro atoms. The molecule has 0 bridgehead atoms. The summed E-state index contributed by atoms with van der Waals surface area (Å²) in [6.07, 6.45) is 8.39. The van der Waals surface area contributed by atoms with Crippen LogP contribution in [0.3, 0.4) is 0 Å². The molecule has 0 aliphatic carbocycles. The van der Waals surface area contributed by atoms with Crippen molar-refractivity contribution in [2.45, 2.75) is 78.2 Å². The van der Waals surface area contributed by atoms with Gasteiger partial charge in [-0.25, -0.2) is 0 Å². The van der Waals surface area contributed by atoms with E-state index in [-0.39, 0.29) is 0 Å². The van der Waals surface area contributed by atoms with Crippen molar-refractivity contribution in [2.75, 3.05) is 13.1 Å². The summed E-state index contributed by atoms with van der Waals surface area (Å²) in [5.74, 6) is 0.338. The first-order valence-corrected chi connectivity index (χ1v) is 7.66. The lowest BCUT2D eigenvalue weighted by molar-refractivity contribution is -0.133. The Balaban J connectivity index is 3.96. The zero-order valence-electron chi connectivity index (χ0n) is 12.6. The molecule has 0 rings (SSSR count). The van der Waals surface area contributed by atoms with Crippen LogP contribution in [0.2, 0.25) is 0 Å². The SMILES string of the molecule is CCCCN(C(=O)CCCCCCN)C(C)CC. The summed E-state index contributed by atoms with van der Waals surface area (Å²) in [7, 11) is 0. The second-order valence-electron chi connectivity index (χ2n) is 5.15.